The molecule has 1 amide bonds. The number of ether oxygens (including phenoxy) is 1. The third-order valence-corrected chi connectivity index (χ3v) is 2.92. The molecular weight excluding hydrogens is 326 g/mol. The lowest BCUT2D eigenvalue weighted by Crippen LogP contribution is -2.20. The summed E-state index contributed by atoms with van der Waals surface area (Å²) in [6, 6.07) is 10.8. The first-order chi connectivity index (χ1) is 11.3. The maximum atomic E-state index is 12.7. The van der Waals surface area contributed by atoms with Gasteiger partial charge in [0.15, 0.2) is 0 Å². The van der Waals surface area contributed by atoms with E-state index in [9.17, 15) is 22.4 Å². The van der Waals surface area contributed by atoms with Gasteiger partial charge < -0.3 is 10.1 Å². The monoisotopic (exact) mass is 339 g/mol. The molecule has 0 atom stereocenters. The molecule has 0 saturated carbocycles. The fraction of sp³-hybridized carbons (Fsp3) is 0.118. The summed E-state index contributed by atoms with van der Waals surface area (Å²) < 4.78 is 52.6. The summed E-state index contributed by atoms with van der Waals surface area (Å²) in [6.45, 7) is 0.238. The predicted octanol–water partition coefficient (Wildman–Crippen LogP) is 4.05. The van der Waals surface area contributed by atoms with Gasteiger partial charge in [-0.1, -0.05) is 24.3 Å². The summed E-state index contributed by atoms with van der Waals surface area (Å²) in [7, 11) is 0. The Hall–Kier alpha value is -2.83. The Kier molecular flexibility index (Phi) is 5.57. The molecule has 0 saturated heterocycles. The van der Waals surface area contributed by atoms with E-state index in [0.717, 1.165) is 17.7 Å². The summed E-state index contributed by atoms with van der Waals surface area (Å²) in [5.41, 5.74) is 1.29. The van der Waals surface area contributed by atoms with Crippen LogP contribution in [0, 0.1) is 5.82 Å². The van der Waals surface area contributed by atoms with Crippen LogP contribution in [0.25, 0.3) is 6.08 Å². The molecule has 0 aliphatic heterocycles. The molecular formula is C17H13F4NO2. The minimum absolute atomic E-state index is 0.238. The van der Waals surface area contributed by atoms with Crippen LogP contribution in [0.2, 0.25) is 0 Å². The standard InChI is InChI=1S/C17H13F4NO2/c18-14-6-1-13(2-7-14)11-22-16(23)10-5-12-3-8-15(9-4-12)24-17(19,20)21/h1-10H,11H2,(H,22,23)/b10-5+. The van der Waals surface area contributed by atoms with Gasteiger partial charge in [0.25, 0.3) is 0 Å². The van der Waals surface area contributed by atoms with Crippen LogP contribution in [0.5, 0.6) is 5.75 Å². The molecule has 0 fully saturated rings. The average molecular weight is 339 g/mol. The van der Waals surface area contributed by atoms with Gasteiger partial charge in [-0.05, 0) is 41.5 Å². The number of carbonyl (C=O) groups excluding carboxylic acids is 1. The first-order valence-corrected chi connectivity index (χ1v) is 6.88. The van der Waals surface area contributed by atoms with Gasteiger partial charge in [0.05, 0.1) is 0 Å². The molecule has 24 heavy (non-hydrogen) atoms. The molecule has 0 aliphatic rings. The topological polar surface area (TPSA) is 38.3 Å². The van der Waals surface area contributed by atoms with Crippen LogP contribution in [-0.4, -0.2) is 12.3 Å². The Morgan fingerprint density at radius 2 is 1.67 bits per heavy atom. The van der Waals surface area contributed by atoms with Crippen molar-refractivity contribution in [3.8, 4) is 5.75 Å². The highest BCUT2D eigenvalue weighted by Crippen LogP contribution is 2.22. The molecule has 126 valence electrons. The molecule has 2 rings (SSSR count). The van der Waals surface area contributed by atoms with Crippen LogP contribution < -0.4 is 10.1 Å². The van der Waals surface area contributed by atoms with Crippen molar-refractivity contribution in [3.05, 3.63) is 71.6 Å². The van der Waals surface area contributed by atoms with Crippen LogP contribution >= 0.6 is 0 Å². The Morgan fingerprint density at radius 1 is 1.04 bits per heavy atom. The van der Waals surface area contributed by atoms with E-state index in [-0.39, 0.29) is 24.0 Å². The molecule has 7 heteroatoms. The van der Waals surface area contributed by atoms with Crippen LogP contribution in [0.15, 0.2) is 54.6 Å². The Morgan fingerprint density at radius 3 is 2.25 bits per heavy atom. The lowest BCUT2D eigenvalue weighted by Gasteiger charge is -2.08. The van der Waals surface area contributed by atoms with Crippen LogP contribution in [0.1, 0.15) is 11.1 Å². The highest BCUT2D eigenvalue weighted by Gasteiger charge is 2.30. The number of halogens is 4. The lowest BCUT2D eigenvalue weighted by molar-refractivity contribution is -0.274. The maximum absolute atomic E-state index is 12.7. The molecule has 0 radical (unpaired) electrons. The summed E-state index contributed by atoms with van der Waals surface area (Å²) in [6.07, 6.45) is -2.03. The third kappa shape index (κ3) is 6.12. The van der Waals surface area contributed by atoms with Gasteiger partial charge in [0.2, 0.25) is 5.91 Å². The zero-order valence-electron chi connectivity index (χ0n) is 12.3. The van der Waals surface area contributed by atoms with Gasteiger partial charge >= 0.3 is 6.36 Å². The van der Waals surface area contributed by atoms with E-state index in [1.807, 2.05) is 0 Å². The lowest BCUT2D eigenvalue weighted by atomic mass is 10.2. The molecule has 0 aliphatic carbocycles. The van der Waals surface area contributed by atoms with E-state index in [0.29, 0.717) is 5.56 Å². The molecule has 0 aromatic heterocycles. The van der Waals surface area contributed by atoms with Gasteiger partial charge in [0, 0.05) is 12.6 Å². The van der Waals surface area contributed by atoms with Gasteiger partial charge in [-0.3, -0.25) is 4.79 Å². The number of benzene rings is 2. The molecule has 0 bridgehead atoms. The first-order valence-electron chi connectivity index (χ1n) is 6.88. The van der Waals surface area contributed by atoms with Crippen molar-refractivity contribution in [3.63, 3.8) is 0 Å². The van der Waals surface area contributed by atoms with Gasteiger partial charge in [-0.2, -0.15) is 0 Å². The molecule has 0 unspecified atom stereocenters. The number of carbonyl (C=O) groups is 1. The van der Waals surface area contributed by atoms with Crippen LogP contribution in [0.3, 0.4) is 0 Å². The second kappa shape index (κ2) is 7.63. The van der Waals surface area contributed by atoms with Crippen molar-refractivity contribution in [1.29, 1.82) is 0 Å². The minimum atomic E-state index is -4.74. The summed E-state index contributed by atoms with van der Waals surface area (Å²) in [5.74, 6) is -1.07. The smallest absolute Gasteiger partial charge is 0.406 e. The third-order valence-electron chi connectivity index (χ3n) is 2.92. The molecule has 1 N–H and O–H groups in total. The highest BCUT2D eigenvalue weighted by atomic mass is 19.4. The summed E-state index contributed by atoms with van der Waals surface area (Å²) in [4.78, 5) is 11.7. The first kappa shape index (κ1) is 17.5. The highest BCUT2D eigenvalue weighted by molar-refractivity contribution is 5.91. The molecule has 2 aromatic carbocycles. The number of amides is 1. The Labute approximate surface area is 135 Å². The van der Waals surface area contributed by atoms with Gasteiger partial charge in [-0.15, -0.1) is 13.2 Å². The fourth-order valence-electron chi connectivity index (χ4n) is 1.80. The van der Waals surface area contributed by atoms with E-state index >= 15 is 0 Å². The number of alkyl halides is 3. The van der Waals surface area contributed by atoms with E-state index in [4.69, 9.17) is 0 Å². The number of hydrogen-bond acceptors (Lipinski definition) is 2. The van der Waals surface area contributed by atoms with E-state index in [1.165, 1.54) is 36.4 Å². The number of nitrogens with one attached hydrogen (secondary N) is 1. The van der Waals surface area contributed by atoms with Crippen molar-refractivity contribution >= 4 is 12.0 Å². The predicted molar refractivity (Wildman–Crippen MR) is 80.4 cm³/mol. The minimum Gasteiger partial charge on any atom is -0.406 e. The molecule has 0 heterocycles. The maximum Gasteiger partial charge on any atom is 0.573 e. The zero-order valence-corrected chi connectivity index (χ0v) is 12.3. The molecule has 3 nitrogen and oxygen atoms in total. The fourth-order valence-corrected chi connectivity index (χ4v) is 1.80. The van der Waals surface area contributed by atoms with Crippen LogP contribution in [-0.2, 0) is 11.3 Å². The van der Waals surface area contributed by atoms with Crippen molar-refractivity contribution in [2.45, 2.75) is 12.9 Å². The van der Waals surface area contributed by atoms with Crippen molar-refractivity contribution in [2.75, 3.05) is 0 Å². The van der Waals surface area contributed by atoms with E-state index in [2.05, 4.69) is 10.1 Å². The Balaban J connectivity index is 1.85. The van der Waals surface area contributed by atoms with Crippen LogP contribution in [0.4, 0.5) is 17.6 Å². The SMILES string of the molecule is O=C(/C=C/c1ccc(OC(F)(F)F)cc1)NCc1ccc(F)cc1. The van der Waals surface area contributed by atoms with Crippen molar-refractivity contribution in [1.82, 2.24) is 5.32 Å². The zero-order chi connectivity index (χ0) is 17.6. The number of rotatable bonds is 5. The van der Waals surface area contributed by atoms with Crippen molar-refractivity contribution < 1.29 is 27.1 Å². The molecule has 0 spiro atoms. The second-order valence-electron chi connectivity index (χ2n) is 4.79. The summed E-state index contributed by atoms with van der Waals surface area (Å²) in [5, 5.41) is 2.61. The quantitative estimate of drug-likeness (QED) is 0.659. The second-order valence-corrected chi connectivity index (χ2v) is 4.79. The normalized spacial score (nSPS) is 11.5. The Bertz CT molecular complexity index is 707. The van der Waals surface area contributed by atoms with Gasteiger partial charge in [-0.25, -0.2) is 4.39 Å². The average Bonchev–Trinajstić information content (AvgIpc) is 2.52. The van der Waals surface area contributed by atoms with Crippen molar-refractivity contribution in [2.24, 2.45) is 0 Å². The van der Waals surface area contributed by atoms with E-state index in [1.54, 1.807) is 12.1 Å². The largest absolute Gasteiger partial charge is 0.573 e. The van der Waals surface area contributed by atoms with Gasteiger partial charge in [0.1, 0.15) is 11.6 Å². The van der Waals surface area contributed by atoms with E-state index < -0.39 is 6.36 Å². The number of hydrogen-bond donors (Lipinski definition) is 1. The summed E-state index contributed by atoms with van der Waals surface area (Å²) >= 11 is 0. The molecule has 2 aromatic rings.